The standard InChI is InChI=1S/C23H26F3N5O3/c1-22(2,34)17-8-18-14(10-31(30-18)15-5-3-13(11-32)4-6-15)7-19(17)29-21(33)16-9-27-12-28-20(16)23(24,25)26/h7-10,12-13,15,32,34H,3-6,11H2,1-2H3,(H,29,33)/t13-,15-. The van der Waals surface area contributed by atoms with Crippen LogP contribution in [-0.2, 0) is 11.8 Å². The Morgan fingerprint density at radius 2 is 1.91 bits per heavy atom. The summed E-state index contributed by atoms with van der Waals surface area (Å²) in [5.74, 6) is -0.735. The van der Waals surface area contributed by atoms with Crippen LogP contribution in [0.25, 0.3) is 10.9 Å². The fourth-order valence-corrected chi connectivity index (χ4v) is 4.39. The number of rotatable bonds is 5. The molecule has 11 heteroatoms. The Bertz CT molecular complexity index is 1190. The second-order valence-corrected chi connectivity index (χ2v) is 9.22. The molecule has 4 rings (SSSR count). The van der Waals surface area contributed by atoms with Gasteiger partial charge in [0, 0.05) is 35.6 Å². The Labute approximate surface area is 193 Å². The van der Waals surface area contributed by atoms with E-state index in [9.17, 15) is 28.2 Å². The Morgan fingerprint density at radius 1 is 1.21 bits per heavy atom. The van der Waals surface area contributed by atoms with Crippen molar-refractivity contribution < 1.29 is 28.2 Å². The molecular formula is C23H26F3N5O3. The summed E-state index contributed by atoms with van der Waals surface area (Å²) in [6.45, 7) is 3.21. The third kappa shape index (κ3) is 4.90. The van der Waals surface area contributed by atoms with Crippen molar-refractivity contribution in [3.05, 3.63) is 47.7 Å². The van der Waals surface area contributed by atoms with Gasteiger partial charge in [-0.1, -0.05) is 0 Å². The number of carbonyl (C=O) groups excluding carboxylic acids is 1. The number of benzene rings is 1. The maximum Gasteiger partial charge on any atom is 0.434 e. The first kappa shape index (κ1) is 24.1. The number of anilines is 1. The molecule has 0 atom stereocenters. The van der Waals surface area contributed by atoms with Gasteiger partial charge in [-0.15, -0.1) is 0 Å². The Kier molecular flexibility index (Phi) is 6.34. The van der Waals surface area contributed by atoms with Crippen molar-refractivity contribution in [2.24, 2.45) is 5.92 Å². The van der Waals surface area contributed by atoms with E-state index in [4.69, 9.17) is 0 Å². The summed E-state index contributed by atoms with van der Waals surface area (Å²) in [4.78, 5) is 19.6. The summed E-state index contributed by atoms with van der Waals surface area (Å²) in [5, 5.41) is 27.9. The van der Waals surface area contributed by atoms with E-state index in [1.54, 1.807) is 12.1 Å². The quantitative estimate of drug-likeness (QED) is 0.511. The predicted octanol–water partition coefficient (Wildman–Crippen LogP) is 4.05. The van der Waals surface area contributed by atoms with Gasteiger partial charge in [0.25, 0.3) is 5.91 Å². The number of halogens is 3. The van der Waals surface area contributed by atoms with Gasteiger partial charge in [0.1, 0.15) is 6.33 Å². The van der Waals surface area contributed by atoms with E-state index < -0.39 is 28.9 Å². The van der Waals surface area contributed by atoms with Crippen LogP contribution in [0.3, 0.4) is 0 Å². The number of nitrogens with one attached hydrogen (secondary N) is 1. The summed E-state index contributed by atoms with van der Waals surface area (Å²) in [6.07, 6.45) is 2.09. The molecular weight excluding hydrogens is 451 g/mol. The van der Waals surface area contributed by atoms with Gasteiger partial charge < -0.3 is 15.5 Å². The molecule has 1 aliphatic carbocycles. The third-order valence-corrected chi connectivity index (χ3v) is 6.24. The Hall–Kier alpha value is -3.05. The average molecular weight is 477 g/mol. The largest absolute Gasteiger partial charge is 0.434 e. The number of hydrogen-bond acceptors (Lipinski definition) is 6. The lowest BCUT2D eigenvalue weighted by Crippen LogP contribution is -2.23. The minimum Gasteiger partial charge on any atom is -0.396 e. The first-order valence-corrected chi connectivity index (χ1v) is 11.0. The van der Waals surface area contributed by atoms with Crippen LogP contribution >= 0.6 is 0 Å². The topological polar surface area (TPSA) is 113 Å². The second kappa shape index (κ2) is 8.95. The first-order valence-electron chi connectivity index (χ1n) is 11.0. The SMILES string of the molecule is CC(C)(O)c1cc2nn([C@H]3CC[C@H](CO)CC3)cc2cc1NC(=O)c1cncnc1C(F)(F)F. The monoisotopic (exact) mass is 477 g/mol. The van der Waals surface area contributed by atoms with Gasteiger partial charge in [0.05, 0.1) is 22.7 Å². The molecule has 0 radical (unpaired) electrons. The van der Waals surface area contributed by atoms with Gasteiger partial charge >= 0.3 is 6.18 Å². The zero-order valence-electron chi connectivity index (χ0n) is 18.8. The molecule has 2 heterocycles. The molecule has 1 fully saturated rings. The number of fused-ring (bicyclic) bond motifs is 1. The van der Waals surface area contributed by atoms with E-state index in [0.29, 0.717) is 22.4 Å². The molecule has 182 valence electrons. The number of aliphatic hydroxyl groups is 2. The highest BCUT2D eigenvalue weighted by atomic mass is 19.4. The summed E-state index contributed by atoms with van der Waals surface area (Å²) < 4.78 is 41.8. The highest BCUT2D eigenvalue weighted by molar-refractivity contribution is 6.06. The van der Waals surface area contributed by atoms with Crippen LogP contribution in [0.2, 0.25) is 0 Å². The first-order chi connectivity index (χ1) is 16.0. The number of hydrogen-bond donors (Lipinski definition) is 3. The van der Waals surface area contributed by atoms with E-state index >= 15 is 0 Å². The van der Waals surface area contributed by atoms with Gasteiger partial charge in [-0.2, -0.15) is 18.3 Å². The lowest BCUT2D eigenvalue weighted by molar-refractivity contribution is -0.141. The molecule has 0 unspecified atom stereocenters. The molecule has 2 aromatic heterocycles. The van der Waals surface area contributed by atoms with Crippen molar-refractivity contribution in [3.8, 4) is 0 Å². The maximum absolute atomic E-state index is 13.3. The van der Waals surface area contributed by atoms with Crippen molar-refractivity contribution in [1.29, 1.82) is 0 Å². The molecule has 3 N–H and O–H groups in total. The molecule has 1 amide bonds. The van der Waals surface area contributed by atoms with Crippen molar-refractivity contribution >= 4 is 22.5 Å². The molecule has 1 saturated carbocycles. The number of nitrogens with zero attached hydrogens (tertiary/aromatic N) is 4. The van der Waals surface area contributed by atoms with Gasteiger partial charge in [-0.3, -0.25) is 9.48 Å². The fraction of sp³-hybridized carbons (Fsp3) is 0.478. The lowest BCUT2D eigenvalue weighted by atomic mass is 9.87. The highest BCUT2D eigenvalue weighted by Gasteiger charge is 2.37. The minimum atomic E-state index is -4.82. The smallest absolute Gasteiger partial charge is 0.396 e. The predicted molar refractivity (Wildman–Crippen MR) is 118 cm³/mol. The van der Waals surface area contributed by atoms with Crippen LogP contribution in [-0.4, -0.2) is 42.5 Å². The normalized spacial score (nSPS) is 19.4. The summed E-state index contributed by atoms with van der Waals surface area (Å²) in [7, 11) is 0. The van der Waals surface area contributed by atoms with Crippen molar-refractivity contribution in [2.75, 3.05) is 11.9 Å². The molecule has 0 saturated heterocycles. The van der Waals surface area contributed by atoms with E-state index in [-0.39, 0.29) is 18.3 Å². The Balaban J connectivity index is 1.69. The highest BCUT2D eigenvalue weighted by Crippen LogP contribution is 2.36. The number of alkyl halides is 3. The van der Waals surface area contributed by atoms with Crippen LogP contribution in [0, 0.1) is 5.92 Å². The van der Waals surface area contributed by atoms with Crippen LogP contribution in [0.1, 0.15) is 67.2 Å². The summed E-state index contributed by atoms with van der Waals surface area (Å²) in [5.41, 5.74) is -2.37. The van der Waals surface area contributed by atoms with Gasteiger partial charge in [-0.25, -0.2) is 9.97 Å². The molecule has 3 aromatic rings. The molecule has 8 nitrogen and oxygen atoms in total. The van der Waals surface area contributed by atoms with Gasteiger partial charge in [0.15, 0.2) is 5.69 Å². The van der Waals surface area contributed by atoms with E-state index in [1.807, 2.05) is 10.9 Å². The third-order valence-electron chi connectivity index (χ3n) is 6.24. The van der Waals surface area contributed by atoms with Crippen LogP contribution in [0.5, 0.6) is 0 Å². The van der Waals surface area contributed by atoms with Crippen LogP contribution in [0.15, 0.2) is 30.9 Å². The van der Waals surface area contributed by atoms with Crippen molar-refractivity contribution in [3.63, 3.8) is 0 Å². The van der Waals surface area contributed by atoms with Crippen LogP contribution in [0.4, 0.5) is 18.9 Å². The van der Waals surface area contributed by atoms with Crippen molar-refractivity contribution in [2.45, 2.75) is 57.3 Å². The van der Waals surface area contributed by atoms with Crippen molar-refractivity contribution in [1.82, 2.24) is 19.7 Å². The Morgan fingerprint density at radius 3 is 2.53 bits per heavy atom. The zero-order valence-corrected chi connectivity index (χ0v) is 18.8. The number of carbonyl (C=O) groups is 1. The van der Waals surface area contributed by atoms with Gasteiger partial charge in [0.2, 0.25) is 0 Å². The summed E-state index contributed by atoms with van der Waals surface area (Å²) >= 11 is 0. The maximum atomic E-state index is 13.3. The number of amides is 1. The lowest BCUT2D eigenvalue weighted by Gasteiger charge is -2.27. The van der Waals surface area contributed by atoms with E-state index in [0.717, 1.165) is 38.2 Å². The molecule has 1 aliphatic rings. The molecule has 0 aliphatic heterocycles. The van der Waals surface area contributed by atoms with E-state index in [2.05, 4.69) is 20.4 Å². The summed E-state index contributed by atoms with van der Waals surface area (Å²) in [6, 6.07) is 3.39. The molecule has 1 aromatic carbocycles. The van der Waals surface area contributed by atoms with E-state index in [1.165, 1.54) is 13.8 Å². The fourth-order valence-electron chi connectivity index (χ4n) is 4.39. The number of aromatic nitrogens is 4. The average Bonchev–Trinajstić information content (AvgIpc) is 3.20. The van der Waals surface area contributed by atoms with Crippen LogP contribution < -0.4 is 5.32 Å². The molecule has 34 heavy (non-hydrogen) atoms. The molecule has 0 bridgehead atoms. The molecule has 0 spiro atoms. The minimum absolute atomic E-state index is 0.162. The second-order valence-electron chi connectivity index (χ2n) is 9.22. The zero-order chi connectivity index (χ0) is 24.7. The van der Waals surface area contributed by atoms with Gasteiger partial charge in [-0.05, 0) is 57.6 Å². The number of aliphatic hydroxyl groups excluding tert-OH is 1.